The second-order valence-electron chi connectivity index (χ2n) is 10.8. The zero-order valence-corrected chi connectivity index (χ0v) is 23.3. The highest BCUT2D eigenvalue weighted by molar-refractivity contribution is 9.11. The number of aromatic hydroxyl groups is 2. The first-order chi connectivity index (χ1) is 13.9. The molecule has 4 saturated carbocycles. The van der Waals surface area contributed by atoms with Crippen molar-refractivity contribution in [2.24, 2.45) is 10.8 Å². The Morgan fingerprint density at radius 2 is 0.867 bits per heavy atom. The standard InChI is InChI=1S/C24H24Br4O2/c1-21-7-22(2)10-23(8-21,19-15(25)3-13(29)4-16(19)26)12-24(9-21,11-22)20-17(27)5-14(30)6-18(20)28/h3-6,29-30H,7-12H2,1-2H3. The SMILES string of the molecule is CC12CC3(C)CC(c4c(Br)cc(O)cc4Br)(C1)CC(c1c(Br)cc(O)cc1Br)(C2)C3. The van der Waals surface area contributed by atoms with Crippen LogP contribution in [0.15, 0.2) is 42.2 Å². The summed E-state index contributed by atoms with van der Waals surface area (Å²) in [5, 5.41) is 20.3. The van der Waals surface area contributed by atoms with Gasteiger partial charge in [-0.15, -0.1) is 0 Å². The van der Waals surface area contributed by atoms with Crippen molar-refractivity contribution in [2.75, 3.05) is 0 Å². The van der Waals surface area contributed by atoms with Crippen LogP contribution in [-0.2, 0) is 10.8 Å². The Morgan fingerprint density at radius 1 is 0.567 bits per heavy atom. The molecular formula is C24H24Br4O2. The van der Waals surface area contributed by atoms with Crippen molar-refractivity contribution in [1.82, 2.24) is 0 Å². The molecule has 4 aliphatic carbocycles. The van der Waals surface area contributed by atoms with Crippen molar-refractivity contribution >= 4 is 63.7 Å². The van der Waals surface area contributed by atoms with E-state index >= 15 is 0 Å². The van der Waals surface area contributed by atoms with Gasteiger partial charge >= 0.3 is 0 Å². The number of hydrogen-bond donors (Lipinski definition) is 2. The molecule has 4 aliphatic rings. The normalized spacial score (nSPS) is 37.0. The molecule has 2 aromatic rings. The lowest BCUT2D eigenvalue weighted by atomic mass is 9.34. The Hall–Kier alpha value is -0.0400. The van der Waals surface area contributed by atoms with Gasteiger partial charge in [-0.05, 0) is 95.6 Å². The van der Waals surface area contributed by atoms with Gasteiger partial charge in [-0.25, -0.2) is 0 Å². The van der Waals surface area contributed by atoms with Gasteiger partial charge in [0.25, 0.3) is 0 Å². The van der Waals surface area contributed by atoms with Crippen molar-refractivity contribution in [3.63, 3.8) is 0 Å². The Kier molecular flexibility index (Phi) is 4.89. The van der Waals surface area contributed by atoms with E-state index in [4.69, 9.17) is 0 Å². The summed E-state index contributed by atoms with van der Waals surface area (Å²) in [6.45, 7) is 4.94. The number of rotatable bonds is 2. The Bertz CT molecular complexity index is 935. The van der Waals surface area contributed by atoms with E-state index in [-0.39, 0.29) is 33.2 Å². The van der Waals surface area contributed by atoms with Gasteiger partial charge in [0.05, 0.1) is 0 Å². The quantitative estimate of drug-likeness (QED) is 0.338. The zero-order chi connectivity index (χ0) is 21.7. The highest BCUT2D eigenvalue weighted by Gasteiger charge is 2.67. The first-order valence-electron chi connectivity index (χ1n) is 10.3. The smallest absolute Gasteiger partial charge is 0.117 e. The summed E-state index contributed by atoms with van der Waals surface area (Å²) in [5.74, 6) is 0.553. The van der Waals surface area contributed by atoms with Crippen LogP contribution in [0.5, 0.6) is 11.5 Å². The van der Waals surface area contributed by atoms with Crippen LogP contribution in [0.4, 0.5) is 0 Å². The van der Waals surface area contributed by atoms with Gasteiger partial charge in [0.2, 0.25) is 0 Å². The first-order valence-corrected chi connectivity index (χ1v) is 13.4. The van der Waals surface area contributed by atoms with Crippen molar-refractivity contribution in [3.05, 3.63) is 53.3 Å². The van der Waals surface area contributed by atoms with E-state index in [9.17, 15) is 10.2 Å². The number of benzene rings is 2. The summed E-state index contributed by atoms with van der Waals surface area (Å²) >= 11 is 15.2. The van der Waals surface area contributed by atoms with Crippen LogP contribution in [0.1, 0.15) is 63.5 Å². The lowest BCUT2D eigenvalue weighted by Gasteiger charge is -2.70. The van der Waals surface area contributed by atoms with Crippen LogP contribution in [0.3, 0.4) is 0 Å². The number of halogens is 4. The summed E-state index contributed by atoms with van der Waals surface area (Å²) in [4.78, 5) is 0. The molecule has 2 nitrogen and oxygen atoms in total. The molecular weight excluding hydrogens is 640 g/mol. The fraction of sp³-hybridized carbons (Fsp3) is 0.500. The molecule has 0 radical (unpaired) electrons. The van der Waals surface area contributed by atoms with Crippen LogP contribution < -0.4 is 0 Å². The van der Waals surface area contributed by atoms with Crippen LogP contribution in [0, 0.1) is 10.8 Å². The summed E-state index contributed by atoms with van der Waals surface area (Å²) in [7, 11) is 0. The molecule has 0 aliphatic heterocycles. The van der Waals surface area contributed by atoms with E-state index in [1.54, 1.807) is 0 Å². The van der Waals surface area contributed by atoms with Gasteiger partial charge in [0, 0.05) is 17.9 Å². The minimum Gasteiger partial charge on any atom is -0.508 e. The van der Waals surface area contributed by atoms with Gasteiger partial charge in [0.1, 0.15) is 11.5 Å². The topological polar surface area (TPSA) is 40.5 Å². The van der Waals surface area contributed by atoms with Gasteiger partial charge in [0.15, 0.2) is 0 Å². The van der Waals surface area contributed by atoms with Crippen molar-refractivity contribution in [2.45, 2.75) is 63.2 Å². The van der Waals surface area contributed by atoms with E-state index < -0.39 is 0 Å². The molecule has 0 unspecified atom stereocenters. The van der Waals surface area contributed by atoms with E-state index in [1.165, 1.54) is 17.5 Å². The molecule has 4 bridgehead atoms. The number of phenols is 2. The molecule has 6 heteroatoms. The van der Waals surface area contributed by atoms with Crippen LogP contribution in [0.2, 0.25) is 0 Å². The summed E-state index contributed by atoms with van der Waals surface area (Å²) in [5.41, 5.74) is 3.15. The Morgan fingerprint density at radius 3 is 1.17 bits per heavy atom. The fourth-order valence-electron chi connectivity index (χ4n) is 8.36. The lowest BCUT2D eigenvalue weighted by molar-refractivity contribution is -0.127. The van der Waals surface area contributed by atoms with E-state index in [1.807, 2.05) is 24.3 Å². The van der Waals surface area contributed by atoms with Gasteiger partial charge in [-0.2, -0.15) is 0 Å². The molecule has 0 amide bonds. The minimum absolute atomic E-state index is 0.0282. The largest absolute Gasteiger partial charge is 0.508 e. The maximum atomic E-state index is 10.1. The molecule has 30 heavy (non-hydrogen) atoms. The fourth-order valence-corrected chi connectivity index (χ4v) is 12.4. The molecule has 2 aromatic carbocycles. The van der Waals surface area contributed by atoms with E-state index in [0.29, 0.717) is 0 Å². The van der Waals surface area contributed by atoms with Crippen molar-refractivity contribution < 1.29 is 10.2 Å². The third-order valence-electron chi connectivity index (χ3n) is 7.71. The second-order valence-corrected chi connectivity index (χ2v) is 14.2. The molecule has 160 valence electrons. The monoisotopic (exact) mass is 660 g/mol. The average molecular weight is 664 g/mol. The van der Waals surface area contributed by atoms with Gasteiger partial charge in [-0.1, -0.05) is 77.6 Å². The second kappa shape index (κ2) is 6.74. The van der Waals surface area contributed by atoms with E-state index in [0.717, 1.165) is 50.0 Å². The highest BCUT2D eigenvalue weighted by Crippen LogP contribution is 2.75. The van der Waals surface area contributed by atoms with Crippen molar-refractivity contribution in [1.29, 1.82) is 0 Å². The predicted octanol–water partition coefficient (Wildman–Crippen LogP) is 8.72. The zero-order valence-electron chi connectivity index (χ0n) is 17.0. The van der Waals surface area contributed by atoms with Gasteiger partial charge < -0.3 is 10.2 Å². The first kappa shape index (κ1) is 21.8. The molecule has 0 spiro atoms. The number of hydrogen-bond acceptors (Lipinski definition) is 2. The minimum atomic E-state index is 0.0282. The van der Waals surface area contributed by atoms with Crippen LogP contribution >= 0.6 is 63.7 Å². The summed E-state index contributed by atoms with van der Waals surface area (Å²) < 4.78 is 3.95. The molecule has 0 saturated heterocycles. The van der Waals surface area contributed by atoms with Gasteiger partial charge in [-0.3, -0.25) is 0 Å². The Labute approximate surface area is 211 Å². The molecule has 0 aromatic heterocycles. The van der Waals surface area contributed by atoms with Crippen LogP contribution in [0.25, 0.3) is 0 Å². The Balaban J connectivity index is 1.77. The molecule has 4 fully saturated rings. The highest BCUT2D eigenvalue weighted by atomic mass is 79.9. The number of phenolic OH excluding ortho intramolecular Hbond substituents is 2. The molecule has 6 rings (SSSR count). The summed E-state index contributed by atoms with van der Waals surface area (Å²) in [6.07, 6.45) is 6.96. The van der Waals surface area contributed by atoms with E-state index in [2.05, 4.69) is 77.6 Å². The average Bonchev–Trinajstić information content (AvgIpc) is 2.47. The maximum Gasteiger partial charge on any atom is 0.117 e. The molecule has 0 heterocycles. The third kappa shape index (κ3) is 3.18. The third-order valence-corrected chi connectivity index (χ3v) is 10.2. The van der Waals surface area contributed by atoms with Crippen LogP contribution in [-0.4, -0.2) is 10.2 Å². The lowest BCUT2D eigenvalue weighted by Crippen LogP contribution is -2.63. The predicted molar refractivity (Wildman–Crippen MR) is 134 cm³/mol. The maximum absolute atomic E-state index is 10.1. The molecule has 2 N–H and O–H groups in total. The summed E-state index contributed by atoms with van der Waals surface area (Å²) in [6, 6.07) is 7.34. The van der Waals surface area contributed by atoms with Crippen molar-refractivity contribution in [3.8, 4) is 11.5 Å². The molecule has 0 atom stereocenters.